The number of nitrogen functional groups attached to an aromatic ring is 1. The lowest BCUT2D eigenvalue weighted by Gasteiger charge is -2.18. The van der Waals surface area contributed by atoms with E-state index in [9.17, 15) is 4.79 Å². The van der Waals surface area contributed by atoms with Crippen molar-refractivity contribution in [1.29, 1.82) is 0 Å². The second-order valence-corrected chi connectivity index (χ2v) is 5.68. The summed E-state index contributed by atoms with van der Waals surface area (Å²) in [7, 11) is 1.83. The minimum Gasteiger partial charge on any atom is -0.454 e. The maximum Gasteiger partial charge on any atom is 0.276 e. The number of guanidine groups is 1. The van der Waals surface area contributed by atoms with Crippen LogP contribution in [-0.4, -0.2) is 25.7 Å². The number of hydrogen-bond donors (Lipinski definition) is 2. The van der Waals surface area contributed by atoms with Gasteiger partial charge in [-0.2, -0.15) is 0 Å². The van der Waals surface area contributed by atoms with Crippen LogP contribution < -0.4 is 25.4 Å². The van der Waals surface area contributed by atoms with E-state index in [2.05, 4.69) is 10.3 Å². The Labute approximate surface area is 144 Å². The van der Waals surface area contributed by atoms with Crippen LogP contribution >= 0.6 is 0 Å². The lowest BCUT2D eigenvalue weighted by molar-refractivity contribution is -0.115. The van der Waals surface area contributed by atoms with Gasteiger partial charge in [-0.15, -0.1) is 0 Å². The summed E-state index contributed by atoms with van der Waals surface area (Å²) in [5.74, 6) is 1.57. The van der Waals surface area contributed by atoms with Crippen molar-refractivity contribution in [1.82, 2.24) is 5.32 Å². The predicted octanol–water partition coefficient (Wildman–Crippen LogP) is 1.96. The molecule has 0 saturated carbocycles. The number of carbonyl (C=O) groups excluding carboxylic acids is 1. The first-order valence-electron chi connectivity index (χ1n) is 7.71. The number of nitrogens with two attached hydrogens (primary N) is 1. The van der Waals surface area contributed by atoms with E-state index < -0.39 is 0 Å². The smallest absolute Gasteiger partial charge is 0.276 e. The van der Waals surface area contributed by atoms with Crippen LogP contribution in [0.15, 0.2) is 53.2 Å². The van der Waals surface area contributed by atoms with Gasteiger partial charge in [-0.3, -0.25) is 10.1 Å². The van der Waals surface area contributed by atoms with E-state index in [0.29, 0.717) is 28.8 Å². The average Bonchev–Trinajstić information content (AvgIpc) is 3.21. The van der Waals surface area contributed by atoms with Crippen molar-refractivity contribution in [2.75, 3.05) is 24.5 Å². The van der Waals surface area contributed by atoms with Gasteiger partial charge in [0.15, 0.2) is 11.5 Å². The Balaban J connectivity index is 1.60. The molecule has 0 spiro atoms. The van der Waals surface area contributed by atoms with Crippen molar-refractivity contribution < 1.29 is 14.3 Å². The number of nitrogens with one attached hydrogen (secondary N) is 1. The Morgan fingerprint density at radius 3 is 2.72 bits per heavy atom. The summed E-state index contributed by atoms with van der Waals surface area (Å²) >= 11 is 0. The van der Waals surface area contributed by atoms with Crippen molar-refractivity contribution in [3.8, 4) is 11.5 Å². The minimum atomic E-state index is -0.255. The lowest BCUT2D eigenvalue weighted by atomic mass is 10.1. The van der Waals surface area contributed by atoms with Gasteiger partial charge in [0.25, 0.3) is 5.91 Å². The highest BCUT2D eigenvalue weighted by molar-refractivity contribution is 6.18. The Hall–Kier alpha value is -3.48. The first-order chi connectivity index (χ1) is 12.1. The first-order valence-corrected chi connectivity index (χ1v) is 7.71. The summed E-state index contributed by atoms with van der Waals surface area (Å²) in [5, 5.41) is 2.77. The fourth-order valence-electron chi connectivity index (χ4n) is 2.60. The summed E-state index contributed by atoms with van der Waals surface area (Å²) < 4.78 is 10.6. The highest BCUT2D eigenvalue weighted by atomic mass is 16.7. The fourth-order valence-corrected chi connectivity index (χ4v) is 2.60. The second kappa shape index (κ2) is 5.86. The highest BCUT2D eigenvalue weighted by Crippen LogP contribution is 2.33. The number of rotatable bonds is 2. The molecule has 2 aliphatic rings. The summed E-state index contributed by atoms with van der Waals surface area (Å²) in [4.78, 5) is 18.4. The molecule has 126 valence electrons. The molecule has 7 nitrogen and oxygen atoms in total. The Morgan fingerprint density at radius 1 is 1.16 bits per heavy atom. The number of fused-ring (bicyclic) bond motifs is 1. The Kier molecular flexibility index (Phi) is 3.53. The number of carbonyl (C=O) groups is 1. The molecule has 0 atom stereocenters. The predicted molar refractivity (Wildman–Crippen MR) is 95.4 cm³/mol. The third-order valence-corrected chi connectivity index (χ3v) is 3.98. The highest BCUT2D eigenvalue weighted by Gasteiger charge is 2.23. The molecule has 2 aromatic carbocycles. The quantitative estimate of drug-likeness (QED) is 0.646. The molecule has 0 fully saturated rings. The van der Waals surface area contributed by atoms with Crippen LogP contribution in [-0.2, 0) is 4.79 Å². The number of nitrogens with zero attached hydrogens (tertiary/aromatic N) is 2. The molecule has 2 aromatic rings. The largest absolute Gasteiger partial charge is 0.454 e. The standard InChI is InChI=1S/C18H16N4O3/c1-22(13-5-3-12(19)4-6-13)18-20-14(17(23)21-18)8-11-2-7-15-16(9-11)25-10-24-15/h2-9H,10,19H2,1H3,(H,20,21,23). The van der Waals surface area contributed by atoms with Gasteiger partial charge in [-0.25, -0.2) is 4.99 Å². The van der Waals surface area contributed by atoms with Crippen LogP contribution in [0, 0.1) is 0 Å². The third kappa shape index (κ3) is 2.87. The molecular formula is C18H16N4O3. The van der Waals surface area contributed by atoms with Crippen LogP contribution in [0.3, 0.4) is 0 Å². The van der Waals surface area contributed by atoms with E-state index in [1.807, 2.05) is 37.4 Å². The lowest BCUT2D eigenvalue weighted by Crippen LogP contribution is -2.37. The molecule has 2 aliphatic heterocycles. The maximum absolute atomic E-state index is 12.2. The van der Waals surface area contributed by atoms with Crippen LogP contribution in [0.5, 0.6) is 11.5 Å². The van der Waals surface area contributed by atoms with E-state index >= 15 is 0 Å². The number of aliphatic imine (C=N–C) groups is 1. The van der Waals surface area contributed by atoms with Crippen molar-refractivity contribution in [3.05, 3.63) is 53.7 Å². The number of ether oxygens (including phenoxy) is 2. The van der Waals surface area contributed by atoms with Crippen molar-refractivity contribution >= 4 is 29.3 Å². The average molecular weight is 336 g/mol. The topological polar surface area (TPSA) is 89.2 Å². The Morgan fingerprint density at radius 2 is 1.92 bits per heavy atom. The summed E-state index contributed by atoms with van der Waals surface area (Å²) in [6.45, 7) is 0.213. The Bertz CT molecular complexity index is 903. The first kappa shape index (κ1) is 15.1. The van der Waals surface area contributed by atoms with Crippen LogP contribution in [0.2, 0.25) is 0 Å². The van der Waals surface area contributed by atoms with Crippen molar-refractivity contribution in [3.63, 3.8) is 0 Å². The minimum absolute atomic E-state index is 0.213. The van der Waals surface area contributed by atoms with Crippen LogP contribution in [0.1, 0.15) is 5.56 Å². The van der Waals surface area contributed by atoms with Gasteiger partial charge >= 0.3 is 0 Å². The van der Waals surface area contributed by atoms with Gasteiger partial charge in [0.1, 0.15) is 5.70 Å². The molecule has 0 aliphatic carbocycles. The van der Waals surface area contributed by atoms with E-state index in [1.165, 1.54) is 0 Å². The van der Waals surface area contributed by atoms with E-state index in [0.717, 1.165) is 11.3 Å². The van der Waals surface area contributed by atoms with Crippen molar-refractivity contribution in [2.24, 2.45) is 4.99 Å². The number of benzene rings is 2. The fraction of sp³-hybridized carbons (Fsp3) is 0.111. The molecule has 0 aromatic heterocycles. The monoisotopic (exact) mass is 336 g/mol. The van der Waals surface area contributed by atoms with Gasteiger partial charge in [0.05, 0.1) is 0 Å². The molecule has 3 N–H and O–H groups in total. The SMILES string of the molecule is CN(C1=NC(=Cc2ccc3c(c2)OCO3)C(=O)N1)c1ccc(N)cc1. The maximum atomic E-state index is 12.2. The number of hydrogen-bond acceptors (Lipinski definition) is 6. The molecule has 25 heavy (non-hydrogen) atoms. The third-order valence-electron chi connectivity index (χ3n) is 3.98. The van der Waals surface area contributed by atoms with Gasteiger partial charge in [0, 0.05) is 18.4 Å². The summed E-state index contributed by atoms with van der Waals surface area (Å²) in [5.41, 5.74) is 8.40. The summed E-state index contributed by atoms with van der Waals surface area (Å²) in [6.07, 6.45) is 1.71. The molecule has 0 saturated heterocycles. The van der Waals surface area contributed by atoms with Crippen molar-refractivity contribution in [2.45, 2.75) is 0 Å². The van der Waals surface area contributed by atoms with Gasteiger partial charge in [-0.05, 0) is 48.0 Å². The molecule has 0 unspecified atom stereocenters. The second-order valence-electron chi connectivity index (χ2n) is 5.68. The molecule has 0 radical (unpaired) electrons. The molecule has 0 bridgehead atoms. The molecule has 2 heterocycles. The zero-order valence-electron chi connectivity index (χ0n) is 13.5. The normalized spacial score (nSPS) is 16.8. The van der Waals surface area contributed by atoms with Gasteiger partial charge < -0.3 is 20.1 Å². The zero-order chi connectivity index (χ0) is 17.4. The van der Waals surface area contributed by atoms with Crippen LogP contribution in [0.25, 0.3) is 6.08 Å². The zero-order valence-corrected chi connectivity index (χ0v) is 13.5. The van der Waals surface area contributed by atoms with Gasteiger partial charge in [-0.1, -0.05) is 6.07 Å². The molecular weight excluding hydrogens is 320 g/mol. The van der Waals surface area contributed by atoms with E-state index in [-0.39, 0.29) is 12.7 Å². The number of amides is 1. The van der Waals surface area contributed by atoms with Crippen LogP contribution in [0.4, 0.5) is 11.4 Å². The number of anilines is 2. The van der Waals surface area contributed by atoms with E-state index in [1.54, 1.807) is 23.1 Å². The van der Waals surface area contributed by atoms with E-state index in [4.69, 9.17) is 15.2 Å². The summed E-state index contributed by atoms with van der Waals surface area (Å²) in [6, 6.07) is 12.8. The molecule has 7 heteroatoms. The molecule has 1 amide bonds. The van der Waals surface area contributed by atoms with Gasteiger partial charge in [0.2, 0.25) is 12.8 Å². The molecule has 4 rings (SSSR count).